The van der Waals surface area contributed by atoms with Crippen molar-refractivity contribution in [3.63, 3.8) is 0 Å². The topological polar surface area (TPSA) is 18.5 Å². The van der Waals surface area contributed by atoms with Crippen molar-refractivity contribution < 1.29 is 9.47 Å². The number of rotatable bonds is 5. The molecule has 17 heavy (non-hydrogen) atoms. The molecular weight excluding hydrogens is 236 g/mol. The lowest BCUT2D eigenvalue weighted by atomic mass is 10.1. The number of hydrogen-bond acceptors (Lipinski definition) is 2. The largest absolute Gasteiger partial charge is 0.493 e. The molecule has 1 aromatic carbocycles. The van der Waals surface area contributed by atoms with Gasteiger partial charge in [0.25, 0.3) is 0 Å². The van der Waals surface area contributed by atoms with Gasteiger partial charge in [0.2, 0.25) is 0 Å². The maximum absolute atomic E-state index is 5.91. The van der Waals surface area contributed by atoms with Crippen molar-refractivity contribution in [2.75, 3.05) is 13.2 Å². The summed E-state index contributed by atoms with van der Waals surface area (Å²) in [5, 5.41) is 0. The molecule has 0 aliphatic carbocycles. The summed E-state index contributed by atoms with van der Waals surface area (Å²) in [6, 6.07) is 6.08. The summed E-state index contributed by atoms with van der Waals surface area (Å²) in [7, 11) is 0. The molecule has 1 atom stereocenters. The molecular formula is C14H19ClO2. The molecule has 1 aliphatic heterocycles. The van der Waals surface area contributed by atoms with Gasteiger partial charge < -0.3 is 9.47 Å². The van der Waals surface area contributed by atoms with E-state index in [9.17, 15) is 0 Å². The van der Waals surface area contributed by atoms with E-state index in [0.717, 1.165) is 29.9 Å². The molecule has 0 N–H and O–H groups in total. The first-order valence-electron chi connectivity index (χ1n) is 6.20. The van der Waals surface area contributed by atoms with Crippen LogP contribution in [-0.2, 0) is 10.6 Å². The van der Waals surface area contributed by atoms with Gasteiger partial charge in [0, 0.05) is 18.6 Å². The van der Waals surface area contributed by atoms with Crippen LogP contribution in [0.4, 0.5) is 0 Å². The lowest BCUT2D eigenvalue weighted by molar-refractivity contribution is 0.0901. The average molecular weight is 255 g/mol. The minimum atomic E-state index is 0.387. The molecule has 1 saturated heterocycles. The van der Waals surface area contributed by atoms with Crippen molar-refractivity contribution in [2.24, 2.45) is 0 Å². The van der Waals surface area contributed by atoms with E-state index in [1.807, 2.05) is 12.1 Å². The Kier molecular flexibility index (Phi) is 4.69. The fourth-order valence-corrected chi connectivity index (χ4v) is 2.40. The molecule has 0 spiro atoms. The standard InChI is InChI=1S/C14H19ClO2/c1-11-4-2-5-12(10-15)14(11)17-9-7-13-6-3-8-16-13/h2,4-5,13H,3,6-10H2,1H3. The van der Waals surface area contributed by atoms with Gasteiger partial charge in [-0.15, -0.1) is 11.6 Å². The predicted octanol–water partition coefficient (Wildman–Crippen LogP) is 3.68. The Morgan fingerprint density at radius 2 is 2.35 bits per heavy atom. The lowest BCUT2D eigenvalue weighted by Crippen LogP contribution is -2.11. The van der Waals surface area contributed by atoms with Gasteiger partial charge in [0.15, 0.2) is 0 Å². The molecule has 1 unspecified atom stereocenters. The van der Waals surface area contributed by atoms with Crippen molar-refractivity contribution in [1.82, 2.24) is 0 Å². The number of hydrogen-bond donors (Lipinski definition) is 0. The first-order valence-corrected chi connectivity index (χ1v) is 6.73. The Labute approximate surface area is 108 Å². The van der Waals surface area contributed by atoms with Gasteiger partial charge in [-0.2, -0.15) is 0 Å². The Balaban J connectivity index is 1.89. The number of para-hydroxylation sites is 1. The molecule has 2 rings (SSSR count). The minimum absolute atomic E-state index is 0.387. The highest BCUT2D eigenvalue weighted by Crippen LogP contribution is 2.25. The van der Waals surface area contributed by atoms with Gasteiger partial charge in [-0.3, -0.25) is 0 Å². The van der Waals surface area contributed by atoms with E-state index < -0.39 is 0 Å². The van der Waals surface area contributed by atoms with Crippen LogP contribution in [0.15, 0.2) is 18.2 Å². The Hall–Kier alpha value is -0.730. The highest BCUT2D eigenvalue weighted by Gasteiger charge is 2.15. The van der Waals surface area contributed by atoms with Crippen molar-refractivity contribution >= 4 is 11.6 Å². The molecule has 1 fully saturated rings. The lowest BCUT2D eigenvalue weighted by Gasteiger charge is -2.14. The summed E-state index contributed by atoms with van der Waals surface area (Å²) in [6.07, 6.45) is 3.70. The van der Waals surface area contributed by atoms with Crippen LogP contribution < -0.4 is 4.74 Å². The monoisotopic (exact) mass is 254 g/mol. The Bertz CT molecular complexity index is 359. The summed E-state index contributed by atoms with van der Waals surface area (Å²) >= 11 is 5.91. The van der Waals surface area contributed by atoms with Gasteiger partial charge in [-0.25, -0.2) is 0 Å². The van der Waals surface area contributed by atoms with Crippen LogP contribution in [-0.4, -0.2) is 19.3 Å². The average Bonchev–Trinajstić information content (AvgIpc) is 2.84. The number of benzene rings is 1. The summed E-state index contributed by atoms with van der Waals surface area (Å²) in [6.45, 7) is 3.67. The van der Waals surface area contributed by atoms with Gasteiger partial charge in [0.05, 0.1) is 18.6 Å². The van der Waals surface area contributed by atoms with Gasteiger partial charge in [0.1, 0.15) is 5.75 Å². The first-order chi connectivity index (χ1) is 8.31. The first kappa shape index (κ1) is 12.7. The Morgan fingerprint density at radius 3 is 3.06 bits per heavy atom. The number of alkyl halides is 1. The normalized spacial score (nSPS) is 19.5. The smallest absolute Gasteiger partial charge is 0.126 e. The molecule has 94 valence electrons. The minimum Gasteiger partial charge on any atom is -0.493 e. The van der Waals surface area contributed by atoms with Crippen molar-refractivity contribution in [3.05, 3.63) is 29.3 Å². The number of aryl methyl sites for hydroxylation is 1. The molecule has 0 saturated carbocycles. The summed E-state index contributed by atoms with van der Waals surface area (Å²) in [5.41, 5.74) is 2.22. The van der Waals surface area contributed by atoms with E-state index in [1.54, 1.807) is 0 Å². The van der Waals surface area contributed by atoms with Crippen LogP contribution in [0, 0.1) is 6.92 Å². The van der Waals surface area contributed by atoms with Gasteiger partial charge >= 0.3 is 0 Å². The third-order valence-electron chi connectivity index (χ3n) is 3.15. The van der Waals surface area contributed by atoms with Crippen LogP contribution in [0.25, 0.3) is 0 Å². The molecule has 3 heteroatoms. The van der Waals surface area contributed by atoms with E-state index in [2.05, 4.69) is 13.0 Å². The molecule has 1 heterocycles. The molecule has 0 bridgehead atoms. The van der Waals surface area contributed by atoms with E-state index in [-0.39, 0.29) is 0 Å². The second-order valence-electron chi connectivity index (χ2n) is 4.47. The molecule has 1 aliphatic rings. The van der Waals surface area contributed by atoms with Crippen molar-refractivity contribution in [1.29, 1.82) is 0 Å². The van der Waals surface area contributed by atoms with Crippen molar-refractivity contribution in [2.45, 2.75) is 38.2 Å². The van der Waals surface area contributed by atoms with E-state index in [0.29, 0.717) is 18.6 Å². The predicted molar refractivity (Wildman–Crippen MR) is 69.8 cm³/mol. The van der Waals surface area contributed by atoms with Gasteiger partial charge in [-0.05, 0) is 25.3 Å². The highest BCUT2D eigenvalue weighted by molar-refractivity contribution is 6.17. The summed E-state index contributed by atoms with van der Waals surface area (Å²) in [5.74, 6) is 1.44. The fourth-order valence-electron chi connectivity index (χ4n) is 2.19. The van der Waals surface area contributed by atoms with Crippen LogP contribution >= 0.6 is 11.6 Å². The quantitative estimate of drug-likeness (QED) is 0.747. The maximum atomic E-state index is 5.91. The van der Waals surface area contributed by atoms with E-state index in [4.69, 9.17) is 21.1 Å². The zero-order chi connectivity index (χ0) is 12.1. The third-order valence-corrected chi connectivity index (χ3v) is 3.44. The number of ether oxygens (including phenoxy) is 2. The van der Waals surface area contributed by atoms with Crippen LogP contribution in [0.3, 0.4) is 0 Å². The molecule has 0 amide bonds. The van der Waals surface area contributed by atoms with E-state index in [1.165, 1.54) is 12.8 Å². The molecule has 0 radical (unpaired) electrons. The molecule has 2 nitrogen and oxygen atoms in total. The molecule has 0 aromatic heterocycles. The molecule has 1 aromatic rings. The zero-order valence-corrected chi connectivity index (χ0v) is 11.0. The zero-order valence-electron chi connectivity index (χ0n) is 10.2. The van der Waals surface area contributed by atoms with Crippen LogP contribution in [0.5, 0.6) is 5.75 Å². The fraction of sp³-hybridized carbons (Fsp3) is 0.571. The maximum Gasteiger partial charge on any atom is 0.126 e. The highest BCUT2D eigenvalue weighted by atomic mass is 35.5. The van der Waals surface area contributed by atoms with Crippen LogP contribution in [0.1, 0.15) is 30.4 Å². The SMILES string of the molecule is Cc1cccc(CCl)c1OCCC1CCCO1. The summed E-state index contributed by atoms with van der Waals surface area (Å²) < 4.78 is 11.4. The van der Waals surface area contributed by atoms with Crippen LogP contribution in [0.2, 0.25) is 0 Å². The number of halogens is 1. The second kappa shape index (κ2) is 6.27. The van der Waals surface area contributed by atoms with Crippen molar-refractivity contribution in [3.8, 4) is 5.75 Å². The summed E-state index contributed by atoms with van der Waals surface area (Å²) in [4.78, 5) is 0. The second-order valence-corrected chi connectivity index (χ2v) is 4.74. The van der Waals surface area contributed by atoms with Gasteiger partial charge in [-0.1, -0.05) is 18.2 Å². The third kappa shape index (κ3) is 3.36. The Morgan fingerprint density at radius 1 is 1.47 bits per heavy atom. The van der Waals surface area contributed by atoms with E-state index >= 15 is 0 Å².